The molecule has 2 heterocycles. The molecule has 5 heteroatoms. The Hall–Kier alpha value is -2.59. The third-order valence-electron chi connectivity index (χ3n) is 6.98. The van der Waals surface area contributed by atoms with Gasteiger partial charge in [-0.05, 0) is 48.8 Å². The molecule has 4 rings (SSSR count). The summed E-state index contributed by atoms with van der Waals surface area (Å²) in [6.45, 7) is 12.3. The van der Waals surface area contributed by atoms with Gasteiger partial charge in [0.05, 0.1) is 5.76 Å². The topological polar surface area (TPSA) is 50.2 Å². The number of fused-ring (bicyclic) bond motifs is 1. The molecule has 0 saturated heterocycles. The monoisotopic (exact) mass is 751 g/mol. The Morgan fingerprint density at radius 1 is 0.927 bits per heavy atom. The summed E-state index contributed by atoms with van der Waals surface area (Å²) in [5.41, 5.74) is 5.76. The average Bonchev–Trinajstić information content (AvgIpc) is 3.35. The summed E-state index contributed by atoms with van der Waals surface area (Å²) in [6, 6.07) is 22.6. The Labute approximate surface area is 266 Å². The van der Waals surface area contributed by atoms with Crippen LogP contribution >= 0.6 is 11.3 Å². The number of aryl methyl sites for hydroxylation is 2. The zero-order valence-electron chi connectivity index (χ0n) is 23.9. The van der Waals surface area contributed by atoms with Crippen LogP contribution < -0.4 is 0 Å². The minimum atomic E-state index is 0. The van der Waals surface area contributed by atoms with Crippen LogP contribution in [-0.4, -0.2) is 15.9 Å². The second kappa shape index (κ2) is 18.8. The molecule has 2 aromatic carbocycles. The van der Waals surface area contributed by atoms with Gasteiger partial charge in [-0.3, -0.25) is 4.79 Å². The van der Waals surface area contributed by atoms with E-state index in [-0.39, 0.29) is 58.3 Å². The molecule has 3 nitrogen and oxygen atoms in total. The van der Waals surface area contributed by atoms with E-state index in [0.717, 1.165) is 42.5 Å². The van der Waals surface area contributed by atoms with Crippen LogP contribution in [0.4, 0.5) is 0 Å². The number of thiophene rings is 1. The number of carbonyl (C=O) groups excluding carboxylic acids is 1. The van der Waals surface area contributed by atoms with E-state index in [1.807, 2.05) is 40.0 Å². The van der Waals surface area contributed by atoms with Crippen molar-refractivity contribution in [3.63, 3.8) is 0 Å². The molecular formula is C36H48IrNO2S-. The van der Waals surface area contributed by atoms with Gasteiger partial charge in [0, 0.05) is 59.5 Å². The third-order valence-corrected chi connectivity index (χ3v) is 8.18. The molecule has 0 unspecified atom stereocenters. The normalized spacial score (nSPS) is 10.8. The quantitative estimate of drug-likeness (QED) is 0.105. The molecule has 0 spiro atoms. The van der Waals surface area contributed by atoms with Crippen molar-refractivity contribution in [3.8, 4) is 21.7 Å². The molecule has 0 aliphatic rings. The first-order valence-electron chi connectivity index (χ1n) is 13.7. The number of carbonyl (C=O) groups is 1. The Morgan fingerprint density at radius 2 is 1.54 bits per heavy atom. The van der Waals surface area contributed by atoms with Crippen LogP contribution in [0.15, 0.2) is 72.6 Å². The molecule has 225 valence electrons. The largest absolute Gasteiger partial charge is 0.512 e. The summed E-state index contributed by atoms with van der Waals surface area (Å²) in [5, 5.41) is 11.0. The Bertz CT molecular complexity index is 1350. The smallest absolute Gasteiger partial charge is 0.162 e. The summed E-state index contributed by atoms with van der Waals surface area (Å²) < 4.78 is 1.23. The van der Waals surface area contributed by atoms with Crippen LogP contribution in [0.3, 0.4) is 0 Å². The fraction of sp³-hybridized carbons (Fsp3) is 0.389. The van der Waals surface area contributed by atoms with Gasteiger partial charge in [0.15, 0.2) is 5.78 Å². The van der Waals surface area contributed by atoms with E-state index >= 15 is 0 Å². The van der Waals surface area contributed by atoms with E-state index in [1.54, 1.807) is 11.3 Å². The average molecular weight is 751 g/mol. The van der Waals surface area contributed by atoms with Crippen molar-refractivity contribution in [2.24, 2.45) is 11.8 Å². The molecule has 0 amide bonds. The van der Waals surface area contributed by atoms with E-state index in [2.05, 4.69) is 73.4 Å². The van der Waals surface area contributed by atoms with E-state index in [9.17, 15) is 9.90 Å². The van der Waals surface area contributed by atoms with Crippen LogP contribution in [0, 0.1) is 31.7 Å². The van der Waals surface area contributed by atoms with Crippen LogP contribution in [0.5, 0.6) is 0 Å². The van der Waals surface area contributed by atoms with Gasteiger partial charge in [-0.1, -0.05) is 86.7 Å². The summed E-state index contributed by atoms with van der Waals surface area (Å²) in [6.07, 6.45) is 6.80. The van der Waals surface area contributed by atoms with E-state index in [1.165, 1.54) is 32.2 Å². The summed E-state index contributed by atoms with van der Waals surface area (Å²) >= 11 is 1.80. The standard InChI is InChI=1S/C21H16NS.C13H24O2.2CH4.Ir/c1-14-10-15(2)12-18(11-14)20-21-17(8-9-22-20)13-19(23-21)16-6-4-3-5-7-16;1-5-10(6-2)12(14)9-13(15)11(7-3)8-4;;;/h3-11,13H,1-2H3;9-11,14H,5-8H2,1-4H3;2*1H4;/q-1;;;;. The fourth-order valence-corrected chi connectivity index (χ4v) is 5.87. The van der Waals surface area contributed by atoms with Gasteiger partial charge in [0.2, 0.25) is 0 Å². The van der Waals surface area contributed by atoms with Gasteiger partial charge >= 0.3 is 0 Å². The predicted molar refractivity (Wildman–Crippen MR) is 176 cm³/mol. The fourth-order valence-electron chi connectivity index (χ4n) is 4.70. The molecule has 0 aliphatic heterocycles. The Balaban J connectivity index is 0.000000793. The maximum atomic E-state index is 11.7. The number of ketones is 1. The number of aliphatic hydroxyl groups is 1. The van der Waals surface area contributed by atoms with Gasteiger partial charge in [0.25, 0.3) is 0 Å². The molecule has 0 aliphatic carbocycles. The van der Waals surface area contributed by atoms with Gasteiger partial charge in [-0.25, -0.2) is 0 Å². The zero-order chi connectivity index (χ0) is 27.7. The predicted octanol–water partition coefficient (Wildman–Crippen LogP) is 11.2. The van der Waals surface area contributed by atoms with E-state index in [4.69, 9.17) is 0 Å². The molecule has 41 heavy (non-hydrogen) atoms. The number of nitrogens with zero attached hydrogens (tertiary/aromatic N) is 1. The van der Waals surface area contributed by atoms with Gasteiger partial charge in [-0.15, -0.1) is 46.2 Å². The molecule has 0 fully saturated rings. The summed E-state index contributed by atoms with van der Waals surface area (Å²) in [5.74, 6) is 0.547. The molecule has 0 bridgehead atoms. The van der Waals surface area contributed by atoms with Crippen molar-refractivity contribution in [1.29, 1.82) is 0 Å². The SMILES string of the molecule is C.C.CCC(CC)C(=O)C=C(O)C(CC)CC.Cc1[c-]c(-c2nccc3cc(-c4ccccc4)sc23)cc(C)c1.[Ir]. The third kappa shape index (κ3) is 10.3. The maximum Gasteiger partial charge on any atom is 0.162 e. The first kappa shape index (κ1) is 38.4. The van der Waals surface area contributed by atoms with Crippen molar-refractivity contribution >= 4 is 27.2 Å². The van der Waals surface area contributed by atoms with Crippen LogP contribution in [-0.2, 0) is 24.9 Å². The van der Waals surface area contributed by atoms with Crippen LogP contribution in [0.25, 0.3) is 31.8 Å². The van der Waals surface area contributed by atoms with Crippen molar-refractivity contribution < 1.29 is 30.0 Å². The molecule has 2 aromatic heterocycles. The Morgan fingerprint density at radius 3 is 2.10 bits per heavy atom. The molecule has 0 atom stereocenters. The first-order valence-corrected chi connectivity index (χ1v) is 14.5. The number of aromatic nitrogens is 1. The number of allylic oxidation sites excluding steroid dienone is 2. The molecule has 0 saturated carbocycles. The second-order valence-electron chi connectivity index (χ2n) is 9.81. The second-order valence-corrected chi connectivity index (χ2v) is 10.9. The van der Waals surface area contributed by atoms with Gasteiger partial charge < -0.3 is 10.1 Å². The van der Waals surface area contributed by atoms with Crippen molar-refractivity contribution in [2.45, 2.75) is 82.1 Å². The molecule has 1 N–H and O–H groups in total. The number of hydrogen-bond donors (Lipinski definition) is 1. The van der Waals surface area contributed by atoms with E-state index < -0.39 is 0 Å². The maximum absolute atomic E-state index is 11.7. The van der Waals surface area contributed by atoms with Crippen LogP contribution in [0.1, 0.15) is 79.4 Å². The number of pyridine rings is 1. The minimum Gasteiger partial charge on any atom is -0.512 e. The summed E-state index contributed by atoms with van der Waals surface area (Å²) in [4.78, 5) is 17.6. The number of benzene rings is 2. The molecule has 4 aromatic rings. The van der Waals surface area contributed by atoms with Gasteiger partial charge in [0.1, 0.15) is 0 Å². The number of rotatable bonds is 9. The van der Waals surface area contributed by atoms with Gasteiger partial charge in [-0.2, -0.15) is 0 Å². The summed E-state index contributed by atoms with van der Waals surface area (Å²) in [7, 11) is 0. The minimum absolute atomic E-state index is 0. The molecular weight excluding hydrogens is 703 g/mol. The number of aliphatic hydroxyl groups excluding tert-OH is 1. The van der Waals surface area contributed by atoms with Crippen LogP contribution in [0.2, 0.25) is 0 Å². The number of hydrogen-bond acceptors (Lipinski definition) is 4. The van der Waals surface area contributed by atoms with Crippen molar-refractivity contribution in [3.05, 3.63) is 89.8 Å². The van der Waals surface area contributed by atoms with E-state index in [0.29, 0.717) is 0 Å². The van der Waals surface area contributed by atoms with Crippen molar-refractivity contribution in [1.82, 2.24) is 4.98 Å². The van der Waals surface area contributed by atoms with Crippen molar-refractivity contribution in [2.75, 3.05) is 0 Å². The first-order chi connectivity index (χ1) is 18.3. The molecule has 1 radical (unpaired) electrons. The zero-order valence-corrected chi connectivity index (χ0v) is 27.1. The Kier molecular flexibility index (Phi) is 17.6.